The predicted octanol–water partition coefficient (Wildman–Crippen LogP) is 2.97. The van der Waals surface area contributed by atoms with Gasteiger partial charge in [0.25, 0.3) is 0 Å². The first-order chi connectivity index (χ1) is 9.69. The molecule has 0 unspecified atom stereocenters. The van der Waals surface area contributed by atoms with Crippen LogP contribution in [0.15, 0.2) is 48.8 Å². The smallest absolute Gasteiger partial charge is 0.319 e. The van der Waals surface area contributed by atoms with Gasteiger partial charge in [-0.2, -0.15) is 0 Å². The summed E-state index contributed by atoms with van der Waals surface area (Å²) in [6.45, 7) is 1.92. The van der Waals surface area contributed by atoms with Crippen LogP contribution < -0.4 is 15.4 Å². The van der Waals surface area contributed by atoms with Crippen molar-refractivity contribution in [1.82, 2.24) is 10.3 Å². The molecule has 2 rings (SSSR count). The molecule has 2 amide bonds. The molecule has 0 saturated heterocycles. The van der Waals surface area contributed by atoms with E-state index in [4.69, 9.17) is 4.74 Å². The molecule has 1 aromatic carbocycles. The summed E-state index contributed by atoms with van der Waals surface area (Å²) in [6.07, 6.45) is 3.41. The van der Waals surface area contributed by atoms with E-state index in [1.807, 2.05) is 19.1 Å². The second kappa shape index (κ2) is 6.56. The average molecular weight is 271 g/mol. The molecule has 5 nitrogen and oxygen atoms in total. The number of amides is 2. The van der Waals surface area contributed by atoms with Gasteiger partial charge in [-0.15, -0.1) is 0 Å². The normalized spacial score (nSPS) is 11.5. The van der Waals surface area contributed by atoms with Crippen molar-refractivity contribution in [2.75, 3.05) is 12.4 Å². The van der Waals surface area contributed by atoms with Crippen LogP contribution in [-0.2, 0) is 0 Å². The molecule has 20 heavy (non-hydrogen) atoms. The van der Waals surface area contributed by atoms with E-state index in [1.165, 1.54) is 0 Å². The summed E-state index contributed by atoms with van der Waals surface area (Å²) in [5.74, 6) is 0.751. The maximum atomic E-state index is 11.9. The van der Waals surface area contributed by atoms with Crippen molar-refractivity contribution < 1.29 is 9.53 Å². The second-order valence-electron chi connectivity index (χ2n) is 4.33. The quantitative estimate of drug-likeness (QED) is 0.898. The van der Waals surface area contributed by atoms with Crippen molar-refractivity contribution >= 4 is 11.7 Å². The molecule has 104 valence electrons. The van der Waals surface area contributed by atoms with Gasteiger partial charge in [0.15, 0.2) is 0 Å². The van der Waals surface area contributed by atoms with Gasteiger partial charge in [-0.25, -0.2) is 4.79 Å². The molecule has 0 aliphatic heterocycles. The lowest BCUT2D eigenvalue weighted by molar-refractivity contribution is 0.249. The fourth-order valence-corrected chi connectivity index (χ4v) is 1.77. The number of carbonyl (C=O) groups excluding carboxylic acids is 1. The van der Waals surface area contributed by atoms with Gasteiger partial charge in [0.1, 0.15) is 5.75 Å². The zero-order chi connectivity index (χ0) is 14.4. The number of methoxy groups -OCH3 is 1. The van der Waals surface area contributed by atoms with E-state index in [0.717, 1.165) is 11.3 Å². The Balaban J connectivity index is 1.91. The van der Waals surface area contributed by atoms with Crippen molar-refractivity contribution in [3.63, 3.8) is 0 Å². The number of rotatable bonds is 4. The Morgan fingerprint density at radius 1 is 1.15 bits per heavy atom. The summed E-state index contributed by atoms with van der Waals surface area (Å²) in [4.78, 5) is 15.8. The van der Waals surface area contributed by atoms with Crippen LogP contribution in [-0.4, -0.2) is 18.1 Å². The number of benzene rings is 1. The Hall–Kier alpha value is -2.56. The molecule has 0 saturated carbocycles. The Morgan fingerprint density at radius 3 is 2.40 bits per heavy atom. The van der Waals surface area contributed by atoms with E-state index in [-0.39, 0.29) is 12.1 Å². The van der Waals surface area contributed by atoms with Gasteiger partial charge < -0.3 is 15.4 Å². The third-order valence-corrected chi connectivity index (χ3v) is 2.90. The summed E-state index contributed by atoms with van der Waals surface area (Å²) in [6, 6.07) is 10.6. The largest absolute Gasteiger partial charge is 0.497 e. The van der Waals surface area contributed by atoms with Gasteiger partial charge in [0.05, 0.1) is 13.2 Å². The fourth-order valence-electron chi connectivity index (χ4n) is 1.77. The molecule has 1 heterocycles. The van der Waals surface area contributed by atoms with Crippen LogP contribution in [0, 0.1) is 0 Å². The van der Waals surface area contributed by atoms with E-state index in [0.29, 0.717) is 5.69 Å². The minimum absolute atomic E-state index is 0.0868. The lowest BCUT2D eigenvalue weighted by Crippen LogP contribution is -2.31. The minimum Gasteiger partial charge on any atom is -0.497 e. The fraction of sp³-hybridized carbons (Fsp3) is 0.200. The average Bonchev–Trinajstić information content (AvgIpc) is 2.49. The number of nitrogens with zero attached hydrogens (tertiary/aromatic N) is 1. The van der Waals surface area contributed by atoms with Crippen LogP contribution in [0.4, 0.5) is 10.5 Å². The van der Waals surface area contributed by atoms with Crippen LogP contribution in [0.5, 0.6) is 5.75 Å². The topological polar surface area (TPSA) is 63.2 Å². The SMILES string of the molecule is COc1ccc(NC(=O)N[C@H](C)c2ccncc2)cc1. The van der Waals surface area contributed by atoms with Gasteiger partial charge >= 0.3 is 6.03 Å². The number of anilines is 1. The van der Waals surface area contributed by atoms with Crippen molar-refractivity contribution in [3.05, 3.63) is 54.4 Å². The zero-order valence-electron chi connectivity index (χ0n) is 11.5. The van der Waals surface area contributed by atoms with Crippen molar-refractivity contribution in [1.29, 1.82) is 0 Å². The first-order valence-corrected chi connectivity index (χ1v) is 6.30. The molecule has 2 aromatic rings. The van der Waals surface area contributed by atoms with E-state index >= 15 is 0 Å². The molecule has 1 aromatic heterocycles. The number of urea groups is 1. The number of hydrogen-bond donors (Lipinski definition) is 2. The van der Waals surface area contributed by atoms with E-state index in [9.17, 15) is 4.79 Å². The third kappa shape index (κ3) is 3.71. The lowest BCUT2D eigenvalue weighted by atomic mass is 10.1. The lowest BCUT2D eigenvalue weighted by Gasteiger charge is -2.15. The number of carbonyl (C=O) groups is 1. The highest BCUT2D eigenvalue weighted by molar-refractivity contribution is 5.89. The number of hydrogen-bond acceptors (Lipinski definition) is 3. The molecule has 0 aliphatic rings. The first kappa shape index (κ1) is 13.9. The highest BCUT2D eigenvalue weighted by Gasteiger charge is 2.09. The monoisotopic (exact) mass is 271 g/mol. The molecule has 0 bridgehead atoms. The number of pyridine rings is 1. The van der Waals surface area contributed by atoms with Crippen LogP contribution in [0.2, 0.25) is 0 Å². The summed E-state index contributed by atoms with van der Waals surface area (Å²) in [5, 5.41) is 5.64. The Bertz CT molecular complexity index is 555. The van der Waals surface area contributed by atoms with Crippen LogP contribution in [0.1, 0.15) is 18.5 Å². The van der Waals surface area contributed by atoms with Gasteiger partial charge in [-0.05, 0) is 48.9 Å². The third-order valence-electron chi connectivity index (χ3n) is 2.90. The Kier molecular flexibility index (Phi) is 4.55. The number of aromatic nitrogens is 1. The molecular formula is C15H17N3O2. The van der Waals surface area contributed by atoms with Gasteiger partial charge in [-0.3, -0.25) is 4.98 Å². The van der Waals surface area contributed by atoms with Gasteiger partial charge in [0, 0.05) is 18.1 Å². The number of nitrogens with one attached hydrogen (secondary N) is 2. The van der Waals surface area contributed by atoms with E-state index < -0.39 is 0 Å². The number of ether oxygens (including phenoxy) is 1. The molecule has 5 heteroatoms. The van der Waals surface area contributed by atoms with E-state index in [2.05, 4.69) is 15.6 Å². The molecule has 0 aliphatic carbocycles. The Labute approximate surface area is 118 Å². The maximum Gasteiger partial charge on any atom is 0.319 e. The highest BCUT2D eigenvalue weighted by atomic mass is 16.5. The van der Waals surface area contributed by atoms with Crippen LogP contribution >= 0.6 is 0 Å². The molecule has 2 N–H and O–H groups in total. The minimum atomic E-state index is -0.250. The predicted molar refractivity (Wildman–Crippen MR) is 77.8 cm³/mol. The molecule has 1 atom stereocenters. The van der Waals surface area contributed by atoms with Crippen molar-refractivity contribution in [2.45, 2.75) is 13.0 Å². The van der Waals surface area contributed by atoms with Gasteiger partial charge in [0.2, 0.25) is 0 Å². The van der Waals surface area contributed by atoms with Crippen molar-refractivity contribution in [3.8, 4) is 5.75 Å². The molecular weight excluding hydrogens is 254 g/mol. The summed E-state index contributed by atoms with van der Waals surface area (Å²) in [7, 11) is 1.60. The summed E-state index contributed by atoms with van der Waals surface area (Å²) in [5.41, 5.74) is 1.72. The van der Waals surface area contributed by atoms with Crippen LogP contribution in [0.25, 0.3) is 0 Å². The molecule has 0 spiro atoms. The first-order valence-electron chi connectivity index (χ1n) is 6.30. The zero-order valence-corrected chi connectivity index (χ0v) is 11.5. The highest BCUT2D eigenvalue weighted by Crippen LogP contribution is 2.15. The van der Waals surface area contributed by atoms with Gasteiger partial charge in [-0.1, -0.05) is 0 Å². The molecule has 0 radical (unpaired) electrons. The maximum absolute atomic E-state index is 11.9. The summed E-state index contributed by atoms with van der Waals surface area (Å²) < 4.78 is 5.06. The van der Waals surface area contributed by atoms with E-state index in [1.54, 1.807) is 43.8 Å². The summed E-state index contributed by atoms with van der Waals surface area (Å²) >= 11 is 0. The van der Waals surface area contributed by atoms with Crippen molar-refractivity contribution in [2.24, 2.45) is 0 Å². The second-order valence-corrected chi connectivity index (χ2v) is 4.33. The Morgan fingerprint density at radius 2 is 1.80 bits per heavy atom. The standard InChI is InChI=1S/C15H17N3O2/c1-11(12-7-9-16-10-8-12)17-15(19)18-13-3-5-14(20-2)6-4-13/h3-11H,1-2H3,(H2,17,18,19)/t11-/m1/s1. The molecule has 0 fully saturated rings. The van der Waals surface area contributed by atoms with Crippen LogP contribution in [0.3, 0.4) is 0 Å².